The summed E-state index contributed by atoms with van der Waals surface area (Å²) in [6, 6.07) is 0. The molecule has 288 valence electrons. The maximum absolute atomic E-state index is 13.2. The van der Waals surface area contributed by atoms with Crippen molar-refractivity contribution in [3.8, 4) is 0 Å². The van der Waals surface area contributed by atoms with Crippen molar-refractivity contribution in [1.82, 2.24) is 19.8 Å². The molecular formula is C44H80FN5. The predicted molar refractivity (Wildman–Crippen MR) is 220 cm³/mol. The van der Waals surface area contributed by atoms with Crippen LogP contribution in [-0.4, -0.2) is 65.7 Å². The average molecular weight is 698 g/mol. The fourth-order valence-corrected chi connectivity index (χ4v) is 6.61. The van der Waals surface area contributed by atoms with Gasteiger partial charge in [0.25, 0.3) is 0 Å². The van der Waals surface area contributed by atoms with Crippen LogP contribution in [0.2, 0.25) is 0 Å². The molecular weight excluding hydrogens is 618 g/mol. The van der Waals surface area contributed by atoms with Crippen LogP contribution < -0.4 is 4.90 Å². The second-order valence-corrected chi connectivity index (χ2v) is 15.7. The summed E-state index contributed by atoms with van der Waals surface area (Å²) >= 11 is 0. The van der Waals surface area contributed by atoms with Crippen LogP contribution in [-0.2, 0) is 6.42 Å². The van der Waals surface area contributed by atoms with Crippen LogP contribution >= 0.6 is 0 Å². The highest BCUT2D eigenvalue weighted by Crippen LogP contribution is 2.28. The van der Waals surface area contributed by atoms with Crippen LogP contribution in [0.3, 0.4) is 0 Å². The number of rotatable bonds is 17. The molecule has 1 fully saturated rings. The van der Waals surface area contributed by atoms with E-state index < -0.39 is 6.17 Å². The highest BCUT2D eigenvalue weighted by atomic mass is 19.1. The Hall–Kier alpha value is -2.47. The van der Waals surface area contributed by atoms with Gasteiger partial charge in [0.15, 0.2) is 0 Å². The normalized spacial score (nSPS) is 16.2. The summed E-state index contributed by atoms with van der Waals surface area (Å²) in [6.45, 7) is 39.4. The van der Waals surface area contributed by atoms with E-state index in [9.17, 15) is 4.39 Å². The second-order valence-electron chi connectivity index (χ2n) is 15.7. The Bertz CT molecular complexity index is 1110. The Morgan fingerprint density at radius 3 is 2.20 bits per heavy atom. The van der Waals surface area contributed by atoms with Gasteiger partial charge in [-0.2, -0.15) is 0 Å². The fraction of sp³-hybridized carbons (Fsp3) is 0.727. The molecule has 1 aromatic rings. The van der Waals surface area contributed by atoms with Crippen molar-refractivity contribution in [2.45, 2.75) is 147 Å². The van der Waals surface area contributed by atoms with Gasteiger partial charge in [-0.15, -0.1) is 6.58 Å². The van der Waals surface area contributed by atoms with Gasteiger partial charge in [-0.1, -0.05) is 113 Å². The molecule has 1 saturated heterocycles. The van der Waals surface area contributed by atoms with E-state index in [4.69, 9.17) is 0 Å². The number of allylic oxidation sites excluding steroid dienone is 6. The highest BCUT2D eigenvalue weighted by molar-refractivity contribution is 5.47. The van der Waals surface area contributed by atoms with Crippen molar-refractivity contribution >= 4 is 5.82 Å². The molecule has 0 spiro atoms. The number of aromatic nitrogens is 2. The fourth-order valence-electron chi connectivity index (χ4n) is 6.61. The molecule has 1 aliphatic carbocycles. The first-order valence-electron chi connectivity index (χ1n) is 20.0. The van der Waals surface area contributed by atoms with Crippen LogP contribution in [0.15, 0.2) is 60.9 Å². The number of halogens is 1. The minimum atomic E-state index is -0.848. The predicted octanol–water partition coefficient (Wildman–Crippen LogP) is 12.1. The van der Waals surface area contributed by atoms with Crippen molar-refractivity contribution in [2.24, 2.45) is 23.2 Å². The standard InChI is InChI=1S/C21H38N4.C13H20FN.C8H16.C2H6/c1-5-8-10-18(9-6-2)14-24(4)12-11-19-15-25(16-19)21-20(7-3)13-22-17-23-21;1-5-15(11(4)10(2)3)13-8-6-7-12(14)9-13;1-7(2)6-8(3,4)5;1-2/h13,17-19H,5-12,14-16H2,1-4H3;6-8,10,12H,4-5,9H2,1-3H3;1,6H2,2-5H3;1-2H3. The molecule has 6 heteroatoms. The minimum absolute atomic E-state index is 0.398. The molecule has 1 aliphatic heterocycles. The lowest BCUT2D eigenvalue weighted by atomic mass is 9.89. The number of aryl methyl sites for hydroxylation is 1. The quantitative estimate of drug-likeness (QED) is 0.151. The summed E-state index contributed by atoms with van der Waals surface area (Å²) in [5, 5.41) is 0. The van der Waals surface area contributed by atoms with Gasteiger partial charge in [-0.3, -0.25) is 0 Å². The molecule has 0 amide bonds. The average Bonchev–Trinajstić information content (AvgIpc) is 3.04. The van der Waals surface area contributed by atoms with E-state index in [0.29, 0.717) is 17.8 Å². The SMILES string of the molecule is C=C(C(C)C)N(CC)C1=CC=CC(F)C1.C=C(C)CC(C)(C)C.CC.CCCCC(CCC)CN(C)CCC1CN(c2ncncc2CC)C1. The maximum atomic E-state index is 13.2. The molecule has 0 bridgehead atoms. The molecule has 0 saturated carbocycles. The van der Waals surface area contributed by atoms with E-state index in [0.717, 1.165) is 61.5 Å². The van der Waals surface area contributed by atoms with E-state index >= 15 is 0 Å². The third-order valence-corrected chi connectivity index (χ3v) is 9.07. The van der Waals surface area contributed by atoms with Gasteiger partial charge in [0.05, 0.1) is 0 Å². The van der Waals surface area contributed by atoms with E-state index in [1.54, 1.807) is 18.5 Å². The zero-order chi connectivity index (χ0) is 38.3. The minimum Gasteiger partial charge on any atom is -0.356 e. The zero-order valence-corrected chi connectivity index (χ0v) is 35.1. The number of hydrogen-bond donors (Lipinski definition) is 0. The molecule has 2 heterocycles. The summed E-state index contributed by atoms with van der Waals surface area (Å²) in [5.41, 5.74) is 5.07. The smallest absolute Gasteiger partial charge is 0.135 e. The molecule has 2 unspecified atom stereocenters. The van der Waals surface area contributed by atoms with E-state index in [-0.39, 0.29) is 0 Å². The van der Waals surface area contributed by atoms with Crippen molar-refractivity contribution in [2.75, 3.05) is 44.7 Å². The number of anilines is 1. The topological polar surface area (TPSA) is 35.5 Å². The highest BCUT2D eigenvalue weighted by Gasteiger charge is 2.29. The Morgan fingerprint density at radius 2 is 1.72 bits per heavy atom. The Labute approximate surface area is 310 Å². The summed E-state index contributed by atoms with van der Waals surface area (Å²) < 4.78 is 13.2. The lowest BCUT2D eigenvalue weighted by Gasteiger charge is -2.41. The summed E-state index contributed by atoms with van der Waals surface area (Å²) in [7, 11) is 2.31. The lowest BCUT2D eigenvalue weighted by molar-refractivity contribution is 0.229. The number of nitrogens with zero attached hydrogens (tertiary/aromatic N) is 5. The monoisotopic (exact) mass is 698 g/mol. The number of alkyl halides is 1. The van der Waals surface area contributed by atoms with Gasteiger partial charge in [0, 0.05) is 55.8 Å². The van der Waals surface area contributed by atoms with Gasteiger partial charge < -0.3 is 14.7 Å². The molecule has 0 N–H and O–H groups in total. The molecule has 1 aromatic heterocycles. The van der Waals surface area contributed by atoms with Crippen molar-refractivity contribution in [1.29, 1.82) is 0 Å². The molecule has 0 radical (unpaired) electrons. The van der Waals surface area contributed by atoms with E-state index in [1.165, 1.54) is 62.8 Å². The molecule has 50 heavy (non-hydrogen) atoms. The van der Waals surface area contributed by atoms with Gasteiger partial charge in [0.2, 0.25) is 0 Å². The molecule has 3 rings (SSSR count). The third kappa shape index (κ3) is 19.8. The molecule has 5 nitrogen and oxygen atoms in total. The largest absolute Gasteiger partial charge is 0.356 e. The lowest BCUT2D eigenvalue weighted by Crippen LogP contribution is -2.48. The third-order valence-electron chi connectivity index (χ3n) is 9.07. The van der Waals surface area contributed by atoms with Crippen LogP contribution in [0.4, 0.5) is 10.2 Å². The zero-order valence-electron chi connectivity index (χ0n) is 35.1. The summed E-state index contributed by atoms with van der Waals surface area (Å²) in [5.74, 6) is 3.27. The first-order chi connectivity index (χ1) is 23.6. The molecule has 2 atom stereocenters. The van der Waals surface area contributed by atoms with Crippen LogP contribution in [0, 0.1) is 23.2 Å². The first-order valence-corrected chi connectivity index (χ1v) is 20.0. The van der Waals surface area contributed by atoms with Gasteiger partial charge >= 0.3 is 0 Å². The first kappa shape index (κ1) is 47.5. The Morgan fingerprint density at radius 1 is 1.06 bits per heavy atom. The van der Waals surface area contributed by atoms with Crippen LogP contribution in [0.5, 0.6) is 0 Å². The van der Waals surface area contributed by atoms with Crippen LogP contribution in [0.1, 0.15) is 140 Å². The van der Waals surface area contributed by atoms with Crippen molar-refractivity contribution in [3.63, 3.8) is 0 Å². The van der Waals surface area contributed by atoms with E-state index in [1.807, 2.05) is 26.1 Å². The number of unbranched alkanes of at least 4 members (excludes halogenated alkanes) is 1. The van der Waals surface area contributed by atoms with Crippen molar-refractivity contribution < 1.29 is 4.39 Å². The van der Waals surface area contributed by atoms with Crippen molar-refractivity contribution in [3.05, 3.63) is 66.4 Å². The van der Waals surface area contributed by atoms with E-state index in [2.05, 4.69) is 114 Å². The van der Waals surface area contributed by atoms with Gasteiger partial charge in [-0.05, 0) is 88.8 Å². The van der Waals surface area contributed by atoms with Crippen LogP contribution in [0.25, 0.3) is 0 Å². The Kier molecular flexibility index (Phi) is 25.0. The molecule has 0 aromatic carbocycles. The maximum Gasteiger partial charge on any atom is 0.135 e. The Balaban J connectivity index is 0.000000811. The van der Waals surface area contributed by atoms with Gasteiger partial charge in [0.1, 0.15) is 18.3 Å². The second kappa shape index (κ2) is 26.3. The summed E-state index contributed by atoms with van der Waals surface area (Å²) in [4.78, 5) is 15.8. The number of hydrogen-bond acceptors (Lipinski definition) is 5. The van der Waals surface area contributed by atoms with Gasteiger partial charge in [-0.25, -0.2) is 14.4 Å². The summed E-state index contributed by atoms with van der Waals surface area (Å²) in [6.07, 6.45) is 18.9. The molecule has 2 aliphatic rings.